The fraction of sp³-hybridized carbons (Fsp3) is 0.923. The molecule has 0 fully saturated rings. The molecule has 0 saturated heterocycles. The van der Waals surface area contributed by atoms with Crippen LogP contribution >= 0.6 is 11.6 Å². The molecule has 1 atom stereocenters. The van der Waals surface area contributed by atoms with E-state index in [0.717, 1.165) is 25.7 Å². The van der Waals surface area contributed by atoms with Crippen molar-refractivity contribution in [2.45, 2.75) is 51.0 Å². The zero-order chi connectivity index (χ0) is 18.9. The second kappa shape index (κ2) is 15.5. The molecule has 25 heavy (non-hydrogen) atoms. The Morgan fingerprint density at radius 2 is 1.52 bits per heavy atom. The molecule has 0 N–H and O–H groups in total. The van der Waals surface area contributed by atoms with Crippen LogP contribution in [-0.2, 0) is 19.1 Å². The molecule has 0 rings (SSSR count). The Labute approximate surface area is 149 Å². The van der Waals surface area contributed by atoms with E-state index < -0.39 is 29.0 Å². The van der Waals surface area contributed by atoms with Crippen molar-refractivity contribution < 1.29 is 34.1 Å². The van der Waals surface area contributed by atoms with Crippen molar-refractivity contribution in [3.63, 3.8) is 0 Å². The van der Waals surface area contributed by atoms with Crippen LogP contribution < -0.4 is 0 Å². The number of hydrogen-bond donors (Lipinski definition) is 0. The molecule has 0 aliphatic rings. The highest BCUT2D eigenvalue weighted by molar-refractivity contribution is 6.17. The maximum atomic E-state index is 11.3. The first-order valence-electron chi connectivity index (χ1n) is 7.89. The molecule has 0 saturated carbocycles. The maximum Gasteiger partial charge on any atom is 0.508 e. The van der Waals surface area contributed by atoms with Crippen molar-refractivity contribution in [3.05, 3.63) is 20.2 Å². The van der Waals surface area contributed by atoms with E-state index in [2.05, 4.69) is 9.68 Å². The smallest absolute Gasteiger partial charge is 0.434 e. The molecule has 12 heteroatoms. The number of rotatable bonds is 16. The van der Waals surface area contributed by atoms with Crippen LogP contribution in [0.4, 0.5) is 4.79 Å². The fourth-order valence-corrected chi connectivity index (χ4v) is 2.00. The van der Waals surface area contributed by atoms with Crippen molar-refractivity contribution >= 4 is 17.8 Å². The summed E-state index contributed by atoms with van der Waals surface area (Å²) in [6.07, 6.45) is 2.69. The molecule has 0 unspecified atom stereocenters. The van der Waals surface area contributed by atoms with E-state index in [1.807, 2.05) is 0 Å². The summed E-state index contributed by atoms with van der Waals surface area (Å²) in [5.74, 6) is 0.620. The predicted octanol–water partition coefficient (Wildman–Crippen LogP) is 2.89. The van der Waals surface area contributed by atoms with Gasteiger partial charge in [0.05, 0.1) is 13.2 Å². The number of carbonyl (C=O) groups excluding carboxylic acids is 1. The molecule has 0 aliphatic heterocycles. The molecular formula is C13H23ClN2O9. The lowest BCUT2D eigenvalue weighted by molar-refractivity contribution is -0.790. The number of halogens is 1. The molecule has 0 spiro atoms. The van der Waals surface area contributed by atoms with E-state index in [-0.39, 0.29) is 19.6 Å². The molecule has 0 heterocycles. The van der Waals surface area contributed by atoms with Gasteiger partial charge in [-0.3, -0.25) is 0 Å². The minimum absolute atomic E-state index is 0.0758. The van der Waals surface area contributed by atoms with Gasteiger partial charge in [-0.05, 0) is 32.1 Å². The summed E-state index contributed by atoms with van der Waals surface area (Å²) >= 11 is 5.54. The largest absolute Gasteiger partial charge is 0.508 e. The lowest BCUT2D eigenvalue weighted by Crippen LogP contribution is -2.24. The minimum atomic E-state index is -1.06. The normalized spacial score (nSPS) is 11.4. The summed E-state index contributed by atoms with van der Waals surface area (Å²) in [5, 5.41) is 18.3. The summed E-state index contributed by atoms with van der Waals surface area (Å²) < 4.78 is 9.70. The zero-order valence-corrected chi connectivity index (χ0v) is 14.6. The van der Waals surface area contributed by atoms with Gasteiger partial charge in [-0.15, -0.1) is 31.8 Å². The van der Waals surface area contributed by atoms with Gasteiger partial charge < -0.3 is 19.1 Å². The van der Waals surface area contributed by atoms with Gasteiger partial charge in [0.15, 0.2) is 0 Å². The SMILES string of the molecule is O=C(OCCCCCCCl)OCCCC[C@H](CO[N+](=O)[O-])O[N+](=O)[O-]. The van der Waals surface area contributed by atoms with Gasteiger partial charge >= 0.3 is 6.16 Å². The molecular weight excluding hydrogens is 364 g/mol. The first kappa shape index (κ1) is 23.0. The molecule has 0 aromatic heterocycles. The van der Waals surface area contributed by atoms with Crippen LogP contribution in [0, 0.1) is 20.2 Å². The monoisotopic (exact) mass is 386 g/mol. The quantitative estimate of drug-likeness (QED) is 0.129. The van der Waals surface area contributed by atoms with Gasteiger partial charge in [0.25, 0.3) is 10.2 Å². The lowest BCUT2D eigenvalue weighted by Gasteiger charge is -2.13. The van der Waals surface area contributed by atoms with E-state index in [4.69, 9.17) is 21.1 Å². The number of nitrogens with zero attached hydrogens (tertiary/aromatic N) is 2. The fourth-order valence-electron chi connectivity index (χ4n) is 1.81. The number of ether oxygens (including phenoxy) is 2. The van der Waals surface area contributed by atoms with Crippen LogP contribution in [0.3, 0.4) is 0 Å². The third-order valence-corrected chi connectivity index (χ3v) is 3.26. The van der Waals surface area contributed by atoms with E-state index in [1.165, 1.54) is 0 Å². The Kier molecular flexibility index (Phi) is 14.2. The predicted molar refractivity (Wildman–Crippen MR) is 85.2 cm³/mol. The van der Waals surface area contributed by atoms with Crippen LogP contribution in [0.25, 0.3) is 0 Å². The maximum absolute atomic E-state index is 11.3. The number of carbonyl (C=O) groups is 1. The van der Waals surface area contributed by atoms with Gasteiger partial charge in [-0.1, -0.05) is 12.8 Å². The average molecular weight is 387 g/mol. The zero-order valence-electron chi connectivity index (χ0n) is 13.8. The Hall–Kier alpha value is -2.04. The van der Waals surface area contributed by atoms with Crippen LogP contribution in [0.1, 0.15) is 44.9 Å². The Morgan fingerprint density at radius 3 is 2.08 bits per heavy atom. The van der Waals surface area contributed by atoms with E-state index >= 15 is 0 Å². The number of alkyl halides is 1. The molecule has 0 aromatic rings. The van der Waals surface area contributed by atoms with Crippen molar-refractivity contribution in [2.24, 2.45) is 0 Å². The number of unbranched alkanes of at least 4 members (excludes halogenated alkanes) is 4. The van der Waals surface area contributed by atoms with Gasteiger partial charge in [0.1, 0.15) is 12.7 Å². The van der Waals surface area contributed by atoms with Gasteiger partial charge in [-0.2, -0.15) is 0 Å². The summed E-state index contributed by atoms with van der Waals surface area (Å²) in [6, 6.07) is 0. The Bertz CT molecular complexity index is 398. The van der Waals surface area contributed by atoms with Crippen LogP contribution in [0.15, 0.2) is 0 Å². The highest BCUT2D eigenvalue weighted by Gasteiger charge is 2.15. The second-order valence-electron chi connectivity index (χ2n) is 5.02. The van der Waals surface area contributed by atoms with Gasteiger partial charge in [-0.25, -0.2) is 4.79 Å². The first-order valence-corrected chi connectivity index (χ1v) is 8.43. The highest BCUT2D eigenvalue weighted by Crippen LogP contribution is 2.07. The van der Waals surface area contributed by atoms with E-state index in [1.54, 1.807) is 0 Å². The third-order valence-electron chi connectivity index (χ3n) is 2.99. The minimum Gasteiger partial charge on any atom is -0.434 e. The molecule has 0 radical (unpaired) electrons. The molecule has 146 valence electrons. The molecule has 0 aliphatic carbocycles. The summed E-state index contributed by atoms with van der Waals surface area (Å²) in [4.78, 5) is 40.0. The van der Waals surface area contributed by atoms with E-state index in [0.29, 0.717) is 18.7 Å². The summed E-state index contributed by atoms with van der Waals surface area (Å²) in [7, 11) is 0. The van der Waals surface area contributed by atoms with Crippen molar-refractivity contribution in [1.82, 2.24) is 0 Å². The van der Waals surface area contributed by atoms with Gasteiger partial charge in [0.2, 0.25) is 0 Å². The lowest BCUT2D eigenvalue weighted by atomic mass is 10.2. The van der Waals surface area contributed by atoms with E-state index in [9.17, 15) is 25.0 Å². The second-order valence-corrected chi connectivity index (χ2v) is 5.39. The van der Waals surface area contributed by atoms with Crippen molar-refractivity contribution in [3.8, 4) is 0 Å². The topological polar surface area (TPSA) is 140 Å². The summed E-state index contributed by atoms with van der Waals surface area (Å²) in [6.45, 7) is -0.189. The van der Waals surface area contributed by atoms with Crippen LogP contribution in [-0.4, -0.2) is 48.1 Å². The molecule has 0 aromatic carbocycles. The molecule has 0 bridgehead atoms. The number of hydrogen-bond acceptors (Lipinski definition) is 9. The first-order chi connectivity index (χ1) is 12.0. The van der Waals surface area contributed by atoms with Crippen LogP contribution in [0.5, 0.6) is 0 Å². The molecule has 0 amide bonds. The highest BCUT2D eigenvalue weighted by atomic mass is 35.5. The van der Waals surface area contributed by atoms with Gasteiger partial charge in [0, 0.05) is 5.88 Å². The standard InChI is InChI=1S/C13H23ClN2O9/c14-8-4-1-2-5-9-22-13(17)23-10-6-3-7-12(25-16(20)21)11-24-15(18)19/h12H,1-11H2/t12-/m1/s1. The average Bonchev–Trinajstić information content (AvgIpc) is 2.54. The Balaban J connectivity index is 3.67. The Morgan fingerprint density at radius 1 is 0.920 bits per heavy atom. The summed E-state index contributed by atoms with van der Waals surface area (Å²) in [5.41, 5.74) is 0. The van der Waals surface area contributed by atoms with Crippen molar-refractivity contribution in [2.75, 3.05) is 25.7 Å². The van der Waals surface area contributed by atoms with Crippen LogP contribution in [0.2, 0.25) is 0 Å². The van der Waals surface area contributed by atoms with Crippen molar-refractivity contribution in [1.29, 1.82) is 0 Å². The molecule has 11 nitrogen and oxygen atoms in total. The third kappa shape index (κ3) is 16.6.